The maximum atomic E-state index is 13.3. The molecule has 2 heterocycles. The standard InChI is InChI=1S/C23H31N3O7/c1-23(2,3)33-21(30)24-17-13-25(22(31)32-14-15-7-5-4-6-8-15)12-11-16-9-10-18(20(28)29)26(16)19(17)27/h4-8,16-18H,9-14H2,1-3H3,(H,24,30)(H,28,29)/p-1/t16-,17+,18+/m1/s1. The Kier molecular flexibility index (Phi) is 7.45. The summed E-state index contributed by atoms with van der Waals surface area (Å²) in [6.07, 6.45) is -0.327. The number of rotatable bonds is 4. The molecule has 0 spiro atoms. The second-order valence-electron chi connectivity index (χ2n) is 9.29. The van der Waals surface area contributed by atoms with Gasteiger partial charge in [-0.05, 0) is 45.6 Å². The van der Waals surface area contributed by atoms with Gasteiger partial charge in [0.15, 0.2) is 0 Å². The lowest BCUT2D eigenvalue weighted by Gasteiger charge is -2.39. The van der Waals surface area contributed by atoms with E-state index >= 15 is 0 Å². The van der Waals surface area contributed by atoms with Gasteiger partial charge in [-0.1, -0.05) is 30.3 Å². The second kappa shape index (κ2) is 10.1. The summed E-state index contributed by atoms with van der Waals surface area (Å²) >= 11 is 0. The molecule has 2 aliphatic rings. The Morgan fingerprint density at radius 3 is 2.45 bits per heavy atom. The van der Waals surface area contributed by atoms with Crippen molar-refractivity contribution in [3.05, 3.63) is 35.9 Å². The summed E-state index contributed by atoms with van der Waals surface area (Å²) in [5.41, 5.74) is 0.0170. The number of carbonyl (C=O) groups excluding carboxylic acids is 4. The second-order valence-corrected chi connectivity index (χ2v) is 9.29. The third-order valence-electron chi connectivity index (χ3n) is 5.62. The van der Waals surface area contributed by atoms with Gasteiger partial charge >= 0.3 is 12.2 Å². The molecule has 0 aromatic heterocycles. The van der Waals surface area contributed by atoms with Crippen LogP contribution >= 0.6 is 0 Å². The number of ether oxygens (including phenoxy) is 2. The average Bonchev–Trinajstić information content (AvgIpc) is 3.16. The van der Waals surface area contributed by atoms with E-state index < -0.39 is 41.7 Å². The highest BCUT2D eigenvalue weighted by atomic mass is 16.6. The monoisotopic (exact) mass is 460 g/mol. The number of fused-ring (bicyclic) bond motifs is 1. The third kappa shape index (κ3) is 6.36. The predicted molar refractivity (Wildman–Crippen MR) is 115 cm³/mol. The van der Waals surface area contributed by atoms with Gasteiger partial charge in [0.1, 0.15) is 18.2 Å². The van der Waals surface area contributed by atoms with Gasteiger partial charge in [0.2, 0.25) is 5.91 Å². The number of carboxylic acids is 1. The molecule has 10 nitrogen and oxygen atoms in total. The maximum Gasteiger partial charge on any atom is 0.410 e. The first-order valence-corrected chi connectivity index (χ1v) is 11.0. The van der Waals surface area contributed by atoms with E-state index in [2.05, 4.69) is 5.32 Å². The summed E-state index contributed by atoms with van der Waals surface area (Å²) in [6.45, 7) is 5.19. The molecule has 10 heteroatoms. The van der Waals surface area contributed by atoms with Crippen LogP contribution in [0.25, 0.3) is 0 Å². The van der Waals surface area contributed by atoms with Gasteiger partial charge in [-0.15, -0.1) is 0 Å². The number of benzene rings is 1. The minimum absolute atomic E-state index is 0.0661. The Balaban J connectivity index is 1.77. The normalized spacial score (nSPS) is 23.2. The molecule has 2 aliphatic heterocycles. The van der Waals surface area contributed by atoms with E-state index in [1.54, 1.807) is 20.8 Å². The molecule has 2 saturated heterocycles. The lowest BCUT2D eigenvalue weighted by molar-refractivity contribution is -0.310. The van der Waals surface area contributed by atoms with Gasteiger partial charge in [0.05, 0.1) is 18.6 Å². The molecule has 0 aliphatic carbocycles. The first-order valence-electron chi connectivity index (χ1n) is 11.0. The van der Waals surface area contributed by atoms with Crippen LogP contribution in [-0.4, -0.2) is 70.7 Å². The van der Waals surface area contributed by atoms with Crippen molar-refractivity contribution >= 4 is 24.1 Å². The summed E-state index contributed by atoms with van der Waals surface area (Å²) in [5.74, 6) is -1.92. The molecule has 1 aromatic carbocycles. The third-order valence-corrected chi connectivity index (χ3v) is 5.62. The van der Waals surface area contributed by atoms with E-state index in [4.69, 9.17) is 9.47 Å². The number of amides is 3. The van der Waals surface area contributed by atoms with Gasteiger partial charge in [0, 0.05) is 12.6 Å². The fourth-order valence-electron chi connectivity index (χ4n) is 4.14. The van der Waals surface area contributed by atoms with Crippen molar-refractivity contribution in [2.45, 2.75) is 70.4 Å². The van der Waals surface area contributed by atoms with Gasteiger partial charge < -0.3 is 34.5 Å². The molecule has 0 bridgehead atoms. The van der Waals surface area contributed by atoms with E-state index in [-0.39, 0.29) is 32.2 Å². The van der Waals surface area contributed by atoms with E-state index in [0.29, 0.717) is 12.8 Å². The number of alkyl carbamates (subject to hydrolysis) is 1. The van der Waals surface area contributed by atoms with Gasteiger partial charge in [0.25, 0.3) is 0 Å². The summed E-state index contributed by atoms with van der Waals surface area (Å²) in [7, 11) is 0. The lowest BCUT2D eigenvalue weighted by atomic mass is 10.1. The van der Waals surface area contributed by atoms with Crippen molar-refractivity contribution in [1.82, 2.24) is 15.1 Å². The van der Waals surface area contributed by atoms with Crippen LogP contribution in [0, 0.1) is 0 Å². The highest BCUT2D eigenvalue weighted by molar-refractivity contribution is 5.90. The SMILES string of the molecule is CC(C)(C)OC(=O)N[C@H]1CN(C(=O)OCc2ccccc2)CC[C@H]2CC[C@@H](C(=O)[O-])N2C1=O. The Morgan fingerprint density at radius 1 is 1.12 bits per heavy atom. The van der Waals surface area contributed by atoms with Crippen molar-refractivity contribution < 1.29 is 33.8 Å². The zero-order valence-corrected chi connectivity index (χ0v) is 19.1. The first kappa shape index (κ1) is 24.3. The Bertz CT molecular complexity index is 884. The molecule has 180 valence electrons. The molecule has 33 heavy (non-hydrogen) atoms. The molecular formula is C23H30N3O7-. The Hall–Kier alpha value is -3.30. The molecule has 0 radical (unpaired) electrons. The number of hydrogen-bond donors (Lipinski definition) is 1. The van der Waals surface area contributed by atoms with Crippen molar-refractivity contribution in [2.24, 2.45) is 0 Å². The first-order chi connectivity index (χ1) is 15.5. The number of hydrogen-bond acceptors (Lipinski definition) is 7. The van der Waals surface area contributed by atoms with Crippen molar-refractivity contribution in [2.75, 3.05) is 13.1 Å². The van der Waals surface area contributed by atoms with Crippen LogP contribution in [0.5, 0.6) is 0 Å². The van der Waals surface area contributed by atoms with E-state index in [0.717, 1.165) is 5.56 Å². The van der Waals surface area contributed by atoms with Crippen LogP contribution in [0.1, 0.15) is 45.6 Å². The molecule has 0 saturated carbocycles. The topological polar surface area (TPSA) is 128 Å². The predicted octanol–water partition coefficient (Wildman–Crippen LogP) is 1.03. The van der Waals surface area contributed by atoms with Crippen LogP contribution in [0.3, 0.4) is 0 Å². The average molecular weight is 461 g/mol. The minimum Gasteiger partial charge on any atom is -0.548 e. The lowest BCUT2D eigenvalue weighted by Crippen LogP contribution is -2.61. The Labute approximate surface area is 192 Å². The number of carboxylic acid groups (broad SMARTS) is 1. The fourth-order valence-corrected chi connectivity index (χ4v) is 4.14. The number of carbonyl (C=O) groups is 4. The molecule has 1 N–H and O–H groups in total. The molecule has 3 atom stereocenters. The minimum atomic E-state index is -1.33. The molecule has 1 aromatic rings. The van der Waals surface area contributed by atoms with E-state index in [9.17, 15) is 24.3 Å². The molecule has 2 fully saturated rings. The zero-order chi connectivity index (χ0) is 24.2. The summed E-state index contributed by atoms with van der Waals surface area (Å²) < 4.78 is 10.7. The molecule has 0 unspecified atom stereocenters. The number of aliphatic carboxylic acids is 1. The van der Waals surface area contributed by atoms with Crippen LogP contribution < -0.4 is 10.4 Å². The smallest absolute Gasteiger partial charge is 0.410 e. The number of nitrogens with zero attached hydrogens (tertiary/aromatic N) is 2. The van der Waals surface area contributed by atoms with Crippen molar-refractivity contribution in [3.63, 3.8) is 0 Å². The number of nitrogens with one attached hydrogen (secondary N) is 1. The summed E-state index contributed by atoms with van der Waals surface area (Å²) in [5, 5.41) is 14.1. The molecular weight excluding hydrogens is 430 g/mol. The Morgan fingerprint density at radius 2 is 1.82 bits per heavy atom. The molecule has 3 amide bonds. The zero-order valence-electron chi connectivity index (χ0n) is 19.1. The maximum absolute atomic E-state index is 13.3. The fraction of sp³-hybridized carbons (Fsp3) is 0.565. The van der Waals surface area contributed by atoms with Gasteiger partial charge in [-0.3, -0.25) is 4.79 Å². The summed E-state index contributed by atoms with van der Waals surface area (Å²) in [4.78, 5) is 52.8. The largest absolute Gasteiger partial charge is 0.548 e. The molecule has 3 rings (SSSR count). The highest BCUT2D eigenvalue weighted by Crippen LogP contribution is 2.29. The van der Waals surface area contributed by atoms with E-state index in [1.807, 2.05) is 30.3 Å². The highest BCUT2D eigenvalue weighted by Gasteiger charge is 2.43. The van der Waals surface area contributed by atoms with Gasteiger partial charge in [-0.25, -0.2) is 9.59 Å². The van der Waals surface area contributed by atoms with Crippen LogP contribution in [0.4, 0.5) is 9.59 Å². The van der Waals surface area contributed by atoms with Crippen LogP contribution in [0.15, 0.2) is 30.3 Å². The van der Waals surface area contributed by atoms with Crippen molar-refractivity contribution in [3.8, 4) is 0 Å². The van der Waals surface area contributed by atoms with Crippen LogP contribution in [-0.2, 0) is 25.7 Å². The quantitative estimate of drug-likeness (QED) is 0.711. The van der Waals surface area contributed by atoms with E-state index in [1.165, 1.54) is 9.80 Å². The van der Waals surface area contributed by atoms with Crippen molar-refractivity contribution in [1.29, 1.82) is 0 Å². The van der Waals surface area contributed by atoms with Gasteiger partial charge in [-0.2, -0.15) is 0 Å². The van der Waals surface area contributed by atoms with Crippen LogP contribution in [0.2, 0.25) is 0 Å². The summed E-state index contributed by atoms with van der Waals surface area (Å²) in [6, 6.07) is 6.54.